The summed E-state index contributed by atoms with van der Waals surface area (Å²) in [5.74, 6) is -2.51. The largest absolute Gasteiger partial charge is 0.505 e. The molecule has 0 fully saturated rings. The number of halogens is 3. The van der Waals surface area contributed by atoms with Gasteiger partial charge in [0.05, 0.1) is 26.6 Å². The number of nitrogens with zero attached hydrogens (tertiary/aromatic N) is 1. The zero-order chi connectivity index (χ0) is 20.0. The summed E-state index contributed by atoms with van der Waals surface area (Å²) >= 11 is 11.9. The second kappa shape index (κ2) is 6.87. The number of hydrogen-bond acceptors (Lipinski definition) is 4. The fraction of sp³-hybridized carbons (Fsp3) is 0.158. The number of aromatic hydroxyl groups is 1. The van der Waals surface area contributed by atoms with E-state index >= 15 is 0 Å². The number of carbonyl (C=O) groups is 2. The Labute approximate surface area is 163 Å². The van der Waals surface area contributed by atoms with Crippen molar-refractivity contribution in [3.05, 3.63) is 56.9 Å². The first-order valence-corrected chi connectivity index (χ1v) is 8.60. The molecule has 0 atom stereocenters. The lowest BCUT2D eigenvalue weighted by atomic mass is 10.1. The van der Waals surface area contributed by atoms with E-state index in [1.807, 2.05) is 0 Å². The molecule has 27 heavy (non-hydrogen) atoms. The van der Waals surface area contributed by atoms with Gasteiger partial charge in [-0.15, -0.1) is 0 Å². The highest BCUT2D eigenvalue weighted by molar-refractivity contribution is 6.42. The first-order valence-electron chi connectivity index (χ1n) is 7.84. The molecular formula is C19H14Cl2FNO4. The van der Waals surface area contributed by atoms with Gasteiger partial charge in [0.25, 0.3) is 5.91 Å². The second-order valence-electron chi connectivity index (χ2n) is 6.00. The molecule has 0 saturated carbocycles. The average Bonchev–Trinajstić information content (AvgIpc) is 2.86. The standard InChI is InChI=1S/C19H14Cl2FNO4/c1-8-16-15(7-14(22)17(8)25)23(9(2)18(16)27-10(3)24)19(26)11-4-5-12(20)13(21)6-11/h4-7,25H,1-3H3. The first kappa shape index (κ1) is 19.2. The molecule has 1 aromatic heterocycles. The molecule has 0 saturated heterocycles. The molecule has 8 heteroatoms. The minimum atomic E-state index is -0.893. The topological polar surface area (TPSA) is 68.5 Å². The Bertz CT molecular complexity index is 1120. The molecule has 2 aromatic carbocycles. The van der Waals surface area contributed by atoms with Gasteiger partial charge in [-0.25, -0.2) is 4.39 Å². The number of phenolic OH excluding ortho intramolecular Hbond substituents is 1. The van der Waals surface area contributed by atoms with Gasteiger partial charge in [-0.2, -0.15) is 0 Å². The van der Waals surface area contributed by atoms with Crippen molar-refractivity contribution < 1.29 is 23.8 Å². The van der Waals surface area contributed by atoms with E-state index < -0.39 is 23.4 Å². The van der Waals surface area contributed by atoms with Crippen LogP contribution < -0.4 is 4.74 Å². The molecule has 0 amide bonds. The third-order valence-electron chi connectivity index (χ3n) is 4.22. The molecule has 0 aliphatic heterocycles. The molecule has 0 aliphatic carbocycles. The lowest BCUT2D eigenvalue weighted by Crippen LogP contribution is -2.14. The minimum absolute atomic E-state index is 0.0821. The van der Waals surface area contributed by atoms with E-state index in [0.29, 0.717) is 0 Å². The highest BCUT2D eigenvalue weighted by Crippen LogP contribution is 2.40. The number of aryl methyl sites for hydroxylation is 1. The lowest BCUT2D eigenvalue weighted by molar-refractivity contribution is -0.131. The summed E-state index contributed by atoms with van der Waals surface area (Å²) in [7, 11) is 0. The van der Waals surface area contributed by atoms with Crippen LogP contribution in [0, 0.1) is 19.7 Å². The van der Waals surface area contributed by atoms with Crippen molar-refractivity contribution >= 4 is 46.0 Å². The Balaban J connectivity index is 2.35. The van der Waals surface area contributed by atoms with Crippen LogP contribution in [0.1, 0.15) is 28.5 Å². The molecule has 1 heterocycles. The SMILES string of the molecule is CC(=O)Oc1c(C)n(C(=O)c2ccc(Cl)c(Cl)c2)c2cc(F)c(O)c(C)c12. The van der Waals surface area contributed by atoms with Crippen LogP contribution in [0.3, 0.4) is 0 Å². The van der Waals surface area contributed by atoms with Crippen molar-refractivity contribution in [1.29, 1.82) is 0 Å². The normalized spacial score (nSPS) is 11.0. The fourth-order valence-electron chi connectivity index (χ4n) is 2.96. The van der Waals surface area contributed by atoms with Crippen LogP contribution in [0.25, 0.3) is 10.9 Å². The van der Waals surface area contributed by atoms with Gasteiger partial charge >= 0.3 is 5.97 Å². The summed E-state index contributed by atoms with van der Waals surface area (Å²) in [6.45, 7) is 4.24. The number of ether oxygens (including phenoxy) is 1. The molecular weight excluding hydrogens is 396 g/mol. The monoisotopic (exact) mass is 409 g/mol. The number of aromatic nitrogens is 1. The van der Waals surface area contributed by atoms with E-state index in [0.717, 1.165) is 6.07 Å². The summed E-state index contributed by atoms with van der Waals surface area (Å²) in [5.41, 5.74) is 0.812. The highest BCUT2D eigenvalue weighted by Gasteiger charge is 2.26. The van der Waals surface area contributed by atoms with E-state index in [-0.39, 0.29) is 43.5 Å². The molecule has 0 spiro atoms. The second-order valence-corrected chi connectivity index (χ2v) is 6.82. The Kier molecular flexibility index (Phi) is 4.88. The molecule has 3 rings (SSSR count). The van der Waals surface area contributed by atoms with Crippen LogP contribution in [0.5, 0.6) is 11.5 Å². The fourth-order valence-corrected chi connectivity index (χ4v) is 3.26. The van der Waals surface area contributed by atoms with Gasteiger partial charge in [0.1, 0.15) is 0 Å². The number of hydrogen-bond donors (Lipinski definition) is 1. The third kappa shape index (κ3) is 3.15. The minimum Gasteiger partial charge on any atom is -0.505 e. The predicted octanol–water partition coefficient (Wildman–Crippen LogP) is 5.02. The van der Waals surface area contributed by atoms with E-state index in [2.05, 4.69) is 0 Å². The average molecular weight is 410 g/mol. The number of rotatable bonds is 2. The first-order chi connectivity index (χ1) is 12.6. The number of phenols is 1. The van der Waals surface area contributed by atoms with Gasteiger partial charge in [-0.3, -0.25) is 14.2 Å². The molecule has 5 nitrogen and oxygen atoms in total. The van der Waals surface area contributed by atoms with Crippen LogP contribution >= 0.6 is 23.2 Å². The molecule has 0 radical (unpaired) electrons. The van der Waals surface area contributed by atoms with Crippen LogP contribution in [-0.4, -0.2) is 21.6 Å². The van der Waals surface area contributed by atoms with Crippen LogP contribution in [0.2, 0.25) is 10.0 Å². The summed E-state index contributed by atoms with van der Waals surface area (Å²) < 4.78 is 20.6. The van der Waals surface area contributed by atoms with Gasteiger partial charge < -0.3 is 9.84 Å². The summed E-state index contributed by atoms with van der Waals surface area (Å²) in [6.07, 6.45) is 0. The molecule has 140 valence electrons. The number of fused-ring (bicyclic) bond motifs is 1. The Hall–Kier alpha value is -2.57. The summed E-state index contributed by atoms with van der Waals surface area (Å²) in [6, 6.07) is 5.37. The van der Waals surface area contributed by atoms with E-state index in [4.69, 9.17) is 27.9 Å². The number of esters is 1. The quantitative estimate of drug-likeness (QED) is 0.603. The molecule has 0 unspecified atom stereocenters. The summed E-state index contributed by atoms with van der Waals surface area (Å²) in [5, 5.41) is 10.7. The van der Waals surface area contributed by atoms with Crippen LogP contribution in [-0.2, 0) is 4.79 Å². The molecule has 3 aromatic rings. The summed E-state index contributed by atoms with van der Waals surface area (Å²) in [4.78, 5) is 24.6. The Morgan fingerprint density at radius 1 is 1.15 bits per heavy atom. The zero-order valence-electron chi connectivity index (χ0n) is 14.6. The van der Waals surface area contributed by atoms with Gasteiger partial charge in [0.15, 0.2) is 17.3 Å². The van der Waals surface area contributed by atoms with Gasteiger partial charge in [0.2, 0.25) is 0 Å². The maximum Gasteiger partial charge on any atom is 0.308 e. The van der Waals surface area contributed by atoms with Crippen molar-refractivity contribution in [2.75, 3.05) is 0 Å². The van der Waals surface area contributed by atoms with Crippen LogP contribution in [0.15, 0.2) is 24.3 Å². The smallest absolute Gasteiger partial charge is 0.308 e. The predicted molar refractivity (Wildman–Crippen MR) is 101 cm³/mol. The van der Waals surface area contributed by atoms with Crippen molar-refractivity contribution in [2.45, 2.75) is 20.8 Å². The van der Waals surface area contributed by atoms with Crippen molar-refractivity contribution in [2.24, 2.45) is 0 Å². The molecule has 0 bridgehead atoms. The maximum absolute atomic E-state index is 14.2. The zero-order valence-corrected chi connectivity index (χ0v) is 16.1. The van der Waals surface area contributed by atoms with Crippen molar-refractivity contribution in [3.63, 3.8) is 0 Å². The maximum atomic E-state index is 14.2. The molecule has 1 N–H and O–H groups in total. The van der Waals surface area contributed by atoms with E-state index in [1.54, 1.807) is 6.92 Å². The highest BCUT2D eigenvalue weighted by atomic mass is 35.5. The van der Waals surface area contributed by atoms with Crippen molar-refractivity contribution in [3.8, 4) is 11.5 Å². The number of benzene rings is 2. The van der Waals surface area contributed by atoms with E-state index in [1.165, 1.54) is 36.6 Å². The van der Waals surface area contributed by atoms with Gasteiger partial charge in [-0.05, 0) is 32.0 Å². The third-order valence-corrected chi connectivity index (χ3v) is 4.96. The van der Waals surface area contributed by atoms with E-state index in [9.17, 15) is 19.1 Å². The molecule has 0 aliphatic rings. The Morgan fingerprint density at radius 2 is 1.81 bits per heavy atom. The van der Waals surface area contributed by atoms with Gasteiger partial charge in [0, 0.05) is 24.1 Å². The number of carbonyl (C=O) groups excluding carboxylic acids is 2. The van der Waals surface area contributed by atoms with Crippen LogP contribution in [0.4, 0.5) is 4.39 Å². The lowest BCUT2D eigenvalue weighted by Gasteiger charge is -2.09. The Morgan fingerprint density at radius 3 is 2.41 bits per heavy atom. The van der Waals surface area contributed by atoms with Gasteiger partial charge in [-0.1, -0.05) is 23.2 Å². The van der Waals surface area contributed by atoms with Crippen molar-refractivity contribution in [1.82, 2.24) is 4.57 Å².